The fourth-order valence-electron chi connectivity index (χ4n) is 2.77. The van der Waals surface area contributed by atoms with Crippen LogP contribution in [0.2, 0.25) is 0 Å². The lowest BCUT2D eigenvalue weighted by Crippen LogP contribution is -2.29. The molecule has 108 valence electrons. The summed E-state index contributed by atoms with van der Waals surface area (Å²) in [6.45, 7) is 5.29. The fraction of sp³-hybridized carbons (Fsp3) is 0.562. The van der Waals surface area contributed by atoms with Crippen LogP contribution in [0.4, 0.5) is 0 Å². The fourth-order valence-corrected chi connectivity index (χ4v) is 3.76. The second kappa shape index (κ2) is 6.08. The molecule has 1 saturated heterocycles. The largest absolute Gasteiger partial charge is 0.488 e. The summed E-state index contributed by atoms with van der Waals surface area (Å²) in [7, 11) is 0. The molecule has 1 N–H and O–H groups in total. The topological polar surface area (TPSA) is 33.6 Å². The molecule has 2 heterocycles. The second-order valence-electron chi connectivity index (χ2n) is 5.98. The minimum Gasteiger partial charge on any atom is -0.488 e. The number of nitrogens with zero attached hydrogens (tertiary/aromatic N) is 1. The number of amidine groups is 1. The van der Waals surface area contributed by atoms with Gasteiger partial charge < -0.3 is 10.1 Å². The molecular weight excluding hydrogens is 268 g/mol. The zero-order valence-electron chi connectivity index (χ0n) is 12.1. The third-order valence-electron chi connectivity index (χ3n) is 3.66. The molecule has 0 aromatic heterocycles. The zero-order valence-corrected chi connectivity index (χ0v) is 13.0. The van der Waals surface area contributed by atoms with Gasteiger partial charge in [0.2, 0.25) is 0 Å². The van der Waals surface area contributed by atoms with Crippen LogP contribution in [0.1, 0.15) is 25.8 Å². The van der Waals surface area contributed by atoms with Crippen LogP contribution in [-0.4, -0.2) is 29.6 Å². The lowest BCUT2D eigenvalue weighted by atomic mass is 10.1. The summed E-state index contributed by atoms with van der Waals surface area (Å²) in [5, 5.41) is 4.62. The molecular formula is C16H22N2OS. The van der Waals surface area contributed by atoms with Gasteiger partial charge in [-0.25, -0.2) is 0 Å². The van der Waals surface area contributed by atoms with E-state index in [1.54, 1.807) is 0 Å². The molecule has 0 aliphatic carbocycles. The predicted molar refractivity (Wildman–Crippen MR) is 85.7 cm³/mol. The van der Waals surface area contributed by atoms with Crippen molar-refractivity contribution in [2.24, 2.45) is 10.9 Å². The Bertz CT molecular complexity index is 476. The van der Waals surface area contributed by atoms with Crippen molar-refractivity contribution < 1.29 is 4.74 Å². The number of nitrogens with one attached hydrogen (secondary N) is 1. The van der Waals surface area contributed by atoms with Gasteiger partial charge in [0.05, 0.1) is 6.54 Å². The summed E-state index contributed by atoms with van der Waals surface area (Å²) in [5.41, 5.74) is 1.31. The standard InChI is InChI=1S/C16H22N2OS/c1-11(2)7-13-10-20-16(18-13)17-9-14-8-12-5-3-4-6-15(12)19-14/h3-6,11,13-14H,7-10H2,1-2H3,(H,17,18). The van der Waals surface area contributed by atoms with Crippen molar-refractivity contribution in [3.05, 3.63) is 29.8 Å². The summed E-state index contributed by atoms with van der Waals surface area (Å²) < 4.78 is 5.91. The Morgan fingerprint density at radius 2 is 2.25 bits per heavy atom. The van der Waals surface area contributed by atoms with Crippen molar-refractivity contribution >= 4 is 16.9 Å². The summed E-state index contributed by atoms with van der Waals surface area (Å²) in [6, 6.07) is 8.87. The minimum atomic E-state index is 0.200. The molecule has 1 fully saturated rings. The molecule has 1 aromatic rings. The number of rotatable bonds is 4. The van der Waals surface area contributed by atoms with Crippen molar-refractivity contribution in [3.63, 3.8) is 0 Å². The van der Waals surface area contributed by atoms with E-state index < -0.39 is 0 Å². The third kappa shape index (κ3) is 3.29. The van der Waals surface area contributed by atoms with Crippen molar-refractivity contribution in [3.8, 4) is 5.75 Å². The van der Waals surface area contributed by atoms with E-state index in [1.165, 1.54) is 12.0 Å². The molecule has 0 spiro atoms. The SMILES string of the molecule is CC(C)CC1CSC(=NCC2Cc3ccccc3O2)N1. The normalized spacial score (nSPS) is 26.6. The minimum absolute atomic E-state index is 0.200. The number of hydrogen-bond donors (Lipinski definition) is 1. The van der Waals surface area contributed by atoms with Gasteiger partial charge in [-0.15, -0.1) is 0 Å². The number of benzene rings is 1. The van der Waals surface area contributed by atoms with Gasteiger partial charge >= 0.3 is 0 Å². The summed E-state index contributed by atoms with van der Waals surface area (Å²) in [6.07, 6.45) is 2.40. The van der Waals surface area contributed by atoms with Gasteiger partial charge in [-0.2, -0.15) is 0 Å². The lowest BCUT2D eigenvalue weighted by molar-refractivity contribution is 0.242. The van der Waals surface area contributed by atoms with E-state index in [9.17, 15) is 0 Å². The van der Waals surface area contributed by atoms with Crippen LogP contribution in [0.3, 0.4) is 0 Å². The highest BCUT2D eigenvalue weighted by Crippen LogP contribution is 2.28. The van der Waals surface area contributed by atoms with Gasteiger partial charge in [-0.1, -0.05) is 43.8 Å². The number of aliphatic imine (C=N–C) groups is 1. The molecule has 3 nitrogen and oxygen atoms in total. The first-order valence-electron chi connectivity index (χ1n) is 7.39. The van der Waals surface area contributed by atoms with Crippen molar-refractivity contribution in [1.82, 2.24) is 5.32 Å². The Morgan fingerprint density at radius 1 is 1.40 bits per heavy atom. The van der Waals surface area contributed by atoms with E-state index in [-0.39, 0.29) is 6.10 Å². The van der Waals surface area contributed by atoms with Crippen LogP contribution in [0.15, 0.2) is 29.3 Å². The predicted octanol–water partition coefficient (Wildman–Crippen LogP) is 3.10. The molecule has 4 heteroatoms. The molecule has 0 radical (unpaired) electrons. The second-order valence-corrected chi connectivity index (χ2v) is 6.99. The van der Waals surface area contributed by atoms with E-state index in [4.69, 9.17) is 4.74 Å². The highest BCUT2D eigenvalue weighted by molar-refractivity contribution is 8.14. The number of hydrogen-bond acceptors (Lipinski definition) is 3. The molecule has 2 aliphatic rings. The molecule has 20 heavy (non-hydrogen) atoms. The van der Waals surface area contributed by atoms with Crippen LogP contribution >= 0.6 is 11.8 Å². The third-order valence-corrected chi connectivity index (χ3v) is 4.75. The first kappa shape index (κ1) is 13.8. The van der Waals surface area contributed by atoms with Gasteiger partial charge in [-0.05, 0) is 24.0 Å². The Morgan fingerprint density at radius 3 is 3.05 bits per heavy atom. The number of fused-ring (bicyclic) bond motifs is 1. The zero-order chi connectivity index (χ0) is 13.9. The summed E-state index contributed by atoms with van der Waals surface area (Å²) in [4.78, 5) is 4.69. The number of thioether (sulfide) groups is 1. The maximum Gasteiger partial charge on any atom is 0.156 e. The molecule has 3 rings (SSSR count). The van der Waals surface area contributed by atoms with Crippen LogP contribution in [-0.2, 0) is 6.42 Å². The molecule has 2 atom stereocenters. The van der Waals surface area contributed by atoms with Gasteiger partial charge in [-0.3, -0.25) is 4.99 Å². The molecule has 0 amide bonds. The maximum absolute atomic E-state index is 5.91. The smallest absolute Gasteiger partial charge is 0.156 e. The maximum atomic E-state index is 5.91. The molecule has 0 bridgehead atoms. The Kier molecular flexibility index (Phi) is 4.20. The van der Waals surface area contributed by atoms with Crippen molar-refractivity contribution in [2.45, 2.75) is 38.8 Å². The molecule has 1 aromatic carbocycles. The monoisotopic (exact) mass is 290 g/mol. The summed E-state index contributed by atoms with van der Waals surface area (Å²) in [5.74, 6) is 2.91. The van der Waals surface area contributed by atoms with Crippen LogP contribution in [0.25, 0.3) is 0 Å². The van der Waals surface area contributed by atoms with Gasteiger partial charge in [0.1, 0.15) is 11.9 Å². The Balaban J connectivity index is 1.50. The molecule has 2 unspecified atom stereocenters. The highest BCUT2D eigenvalue weighted by Gasteiger charge is 2.24. The van der Waals surface area contributed by atoms with Gasteiger partial charge in [0.15, 0.2) is 5.17 Å². The van der Waals surface area contributed by atoms with E-state index in [1.807, 2.05) is 23.9 Å². The van der Waals surface area contributed by atoms with Gasteiger partial charge in [0, 0.05) is 18.2 Å². The van der Waals surface area contributed by atoms with E-state index in [2.05, 4.69) is 36.3 Å². The first-order valence-corrected chi connectivity index (χ1v) is 8.37. The quantitative estimate of drug-likeness (QED) is 0.925. The first-order chi connectivity index (χ1) is 9.70. The van der Waals surface area contributed by atoms with E-state index in [0.717, 1.165) is 35.6 Å². The van der Waals surface area contributed by atoms with E-state index >= 15 is 0 Å². The Labute approximate surface area is 125 Å². The highest BCUT2D eigenvalue weighted by atomic mass is 32.2. The average molecular weight is 290 g/mol. The number of ether oxygens (including phenoxy) is 1. The van der Waals surface area contributed by atoms with Crippen LogP contribution in [0, 0.1) is 5.92 Å². The Hall–Kier alpha value is -1.16. The average Bonchev–Trinajstić information content (AvgIpc) is 3.01. The molecule has 0 saturated carbocycles. The number of para-hydroxylation sites is 1. The van der Waals surface area contributed by atoms with E-state index in [0.29, 0.717) is 6.04 Å². The van der Waals surface area contributed by atoms with Crippen LogP contribution < -0.4 is 10.1 Å². The molecule has 2 aliphatic heterocycles. The van der Waals surface area contributed by atoms with Crippen molar-refractivity contribution in [1.29, 1.82) is 0 Å². The van der Waals surface area contributed by atoms with Crippen LogP contribution in [0.5, 0.6) is 5.75 Å². The lowest BCUT2D eigenvalue weighted by Gasteiger charge is -2.12. The van der Waals surface area contributed by atoms with Crippen molar-refractivity contribution in [2.75, 3.05) is 12.3 Å². The summed E-state index contributed by atoms with van der Waals surface area (Å²) >= 11 is 1.84. The van der Waals surface area contributed by atoms with Gasteiger partial charge in [0.25, 0.3) is 0 Å².